The highest BCUT2D eigenvalue weighted by atomic mass is 32.2. The Morgan fingerprint density at radius 1 is 1.09 bits per heavy atom. The lowest BCUT2D eigenvalue weighted by Crippen LogP contribution is -2.71. The molecule has 2 aliphatic heterocycles. The number of thiazole rings is 1. The minimum atomic E-state index is -1.24. The van der Waals surface area contributed by atoms with Crippen LogP contribution in [-0.2, 0) is 14.4 Å². The molecule has 0 aliphatic carbocycles. The van der Waals surface area contributed by atoms with E-state index in [0.717, 1.165) is 52.2 Å². The summed E-state index contributed by atoms with van der Waals surface area (Å²) in [6, 6.07) is 14.9. The van der Waals surface area contributed by atoms with Crippen molar-refractivity contribution >= 4 is 63.1 Å². The van der Waals surface area contributed by atoms with E-state index in [0.29, 0.717) is 11.3 Å². The Morgan fingerprint density at radius 3 is 2.09 bits per heavy atom. The maximum atomic E-state index is 12.4. The van der Waals surface area contributed by atoms with Crippen molar-refractivity contribution in [2.45, 2.75) is 11.4 Å². The molecule has 16 heteroatoms. The number of aromatic nitrogens is 1. The van der Waals surface area contributed by atoms with Gasteiger partial charge in [-0.25, -0.2) is 9.78 Å². The Balaban J connectivity index is 0.000000216. The fourth-order valence-corrected chi connectivity index (χ4v) is 6.34. The molecule has 242 valence electrons. The average Bonchev–Trinajstić information content (AvgIpc) is 3.51. The number of carbonyl (C=O) groups excluding carboxylic acids is 2. The molecule has 2 atom stereocenters. The van der Waals surface area contributed by atoms with Gasteiger partial charge in [-0.1, -0.05) is 17.8 Å². The molecule has 0 radical (unpaired) electrons. The third-order valence-corrected chi connectivity index (χ3v) is 8.75. The summed E-state index contributed by atoms with van der Waals surface area (Å²) in [5.74, 6) is -0.540. The van der Waals surface area contributed by atoms with E-state index in [1.807, 2.05) is 48.5 Å². The molecule has 3 heterocycles. The second-order valence-electron chi connectivity index (χ2n) is 9.57. The zero-order valence-electron chi connectivity index (χ0n) is 24.9. The standard InChI is InChI=1S/C16H20N2O2.C14H13N5O5S2/c1-19-15-7-3-13(4-8-15)17-11-12-18-14-5-9-16(20-2)10-6-14;1-2-5-3-25-12-8(11(21)19(12)9(5)13(22)23)17-10(20)7(18-24)6-4-26-14(15)16-6/h3-10,17-18H,11-12H2,1-2H3;2,4,8,12,24H,1,3H2,(H2,15,16)(H,17,20)(H,22,23)/b;18-7-/t;8-,12-/m.1/s1. The van der Waals surface area contributed by atoms with Gasteiger partial charge in [-0.05, 0) is 54.1 Å². The number of thioether (sulfide) groups is 1. The summed E-state index contributed by atoms with van der Waals surface area (Å²) in [7, 11) is 3.34. The molecule has 0 spiro atoms. The van der Waals surface area contributed by atoms with Crippen LogP contribution in [0, 0.1) is 0 Å². The molecule has 14 nitrogen and oxygen atoms in total. The number of rotatable bonds is 12. The number of carboxylic acid groups (broad SMARTS) is 1. The van der Waals surface area contributed by atoms with Gasteiger partial charge in [-0.2, -0.15) is 0 Å². The first kappa shape index (κ1) is 33.7. The number of carbonyl (C=O) groups is 3. The molecule has 2 amide bonds. The van der Waals surface area contributed by atoms with Crippen LogP contribution in [0.15, 0.2) is 83.0 Å². The Bertz CT molecular complexity index is 1580. The number of hydrogen-bond donors (Lipinski definition) is 6. The van der Waals surface area contributed by atoms with Crippen LogP contribution in [0.4, 0.5) is 16.5 Å². The number of nitrogens with one attached hydrogen (secondary N) is 3. The van der Waals surface area contributed by atoms with Gasteiger partial charge in [0, 0.05) is 35.6 Å². The van der Waals surface area contributed by atoms with Crippen LogP contribution >= 0.6 is 23.1 Å². The number of β-lactam (4-membered cyclic amide) rings is 1. The zero-order valence-corrected chi connectivity index (χ0v) is 26.6. The van der Waals surface area contributed by atoms with Crippen LogP contribution in [0.2, 0.25) is 0 Å². The summed E-state index contributed by atoms with van der Waals surface area (Å²) in [4.78, 5) is 41.2. The number of aliphatic carboxylic acids is 1. The number of ether oxygens (including phenoxy) is 2. The van der Waals surface area contributed by atoms with E-state index in [9.17, 15) is 19.5 Å². The number of nitrogen functional groups attached to an aromatic ring is 1. The van der Waals surface area contributed by atoms with Crippen LogP contribution in [0.25, 0.3) is 0 Å². The van der Waals surface area contributed by atoms with E-state index < -0.39 is 29.2 Å². The van der Waals surface area contributed by atoms with Gasteiger partial charge in [-0.15, -0.1) is 23.1 Å². The predicted molar refractivity (Wildman–Crippen MR) is 178 cm³/mol. The van der Waals surface area contributed by atoms with Gasteiger partial charge in [0.1, 0.15) is 34.3 Å². The van der Waals surface area contributed by atoms with Crippen molar-refractivity contribution in [3.8, 4) is 11.5 Å². The minimum Gasteiger partial charge on any atom is -0.497 e. The molecule has 7 N–H and O–H groups in total. The highest BCUT2D eigenvalue weighted by Crippen LogP contribution is 2.40. The zero-order chi connectivity index (χ0) is 33.2. The number of fused-ring (bicyclic) bond motifs is 1. The Kier molecular flexibility index (Phi) is 11.5. The molecule has 1 aromatic heterocycles. The summed E-state index contributed by atoms with van der Waals surface area (Å²) in [5.41, 5.74) is 7.66. The Morgan fingerprint density at radius 2 is 1.65 bits per heavy atom. The van der Waals surface area contributed by atoms with Gasteiger partial charge in [-0.3, -0.25) is 14.5 Å². The number of methoxy groups -OCH3 is 2. The number of benzene rings is 2. The van der Waals surface area contributed by atoms with Crippen LogP contribution in [0.1, 0.15) is 5.69 Å². The number of allylic oxidation sites excluding steroid dienone is 1. The Labute approximate surface area is 273 Å². The average molecular weight is 668 g/mol. The van der Waals surface area contributed by atoms with Crippen LogP contribution in [0.3, 0.4) is 0 Å². The molecule has 1 fully saturated rings. The first-order valence-corrected chi connectivity index (χ1v) is 15.7. The number of oxime groups is 1. The quantitative estimate of drug-likeness (QED) is 0.0543. The van der Waals surface area contributed by atoms with E-state index in [-0.39, 0.29) is 22.2 Å². The summed E-state index contributed by atoms with van der Waals surface area (Å²) < 4.78 is 10.2. The minimum absolute atomic E-state index is 0.0764. The van der Waals surface area contributed by atoms with Gasteiger partial charge in [0.05, 0.1) is 14.2 Å². The highest BCUT2D eigenvalue weighted by Gasteiger charge is 2.54. The van der Waals surface area contributed by atoms with Crippen LogP contribution < -0.4 is 31.2 Å². The number of anilines is 3. The summed E-state index contributed by atoms with van der Waals surface area (Å²) in [6.45, 7) is 5.25. The lowest BCUT2D eigenvalue weighted by atomic mass is 10.0. The summed E-state index contributed by atoms with van der Waals surface area (Å²) >= 11 is 2.37. The van der Waals surface area contributed by atoms with Gasteiger partial charge in [0.25, 0.3) is 11.8 Å². The maximum absolute atomic E-state index is 12.4. The van der Waals surface area contributed by atoms with E-state index in [1.165, 1.54) is 23.2 Å². The largest absolute Gasteiger partial charge is 0.497 e. The number of carboxylic acids is 1. The lowest BCUT2D eigenvalue weighted by Gasteiger charge is -2.49. The van der Waals surface area contributed by atoms with Gasteiger partial charge in [0.15, 0.2) is 10.8 Å². The molecule has 0 unspecified atom stereocenters. The van der Waals surface area contributed by atoms with Crippen molar-refractivity contribution in [1.82, 2.24) is 15.2 Å². The number of nitrogens with zero attached hydrogens (tertiary/aromatic N) is 3. The molecule has 3 aromatic rings. The van der Waals surface area contributed by atoms with Crippen LogP contribution in [-0.4, -0.2) is 88.2 Å². The third-order valence-electron chi connectivity index (χ3n) is 6.78. The van der Waals surface area contributed by atoms with Crippen molar-refractivity contribution in [1.29, 1.82) is 0 Å². The second-order valence-corrected chi connectivity index (χ2v) is 11.6. The number of nitrogens with two attached hydrogens (primary N) is 1. The van der Waals surface area contributed by atoms with Crippen molar-refractivity contribution in [3.05, 3.63) is 83.5 Å². The van der Waals surface area contributed by atoms with Crippen LogP contribution in [0.5, 0.6) is 11.5 Å². The molecule has 0 bridgehead atoms. The fourth-order valence-electron chi connectivity index (χ4n) is 4.45. The molecule has 2 aliphatic rings. The van der Waals surface area contributed by atoms with Crippen molar-refractivity contribution in [2.24, 2.45) is 5.16 Å². The molecule has 1 saturated heterocycles. The number of amides is 2. The lowest BCUT2D eigenvalue weighted by molar-refractivity contribution is -0.150. The predicted octanol–water partition coefficient (Wildman–Crippen LogP) is 3.06. The molecule has 0 saturated carbocycles. The first-order valence-electron chi connectivity index (χ1n) is 13.7. The van der Waals surface area contributed by atoms with Gasteiger partial charge in [0.2, 0.25) is 0 Å². The molecule has 2 aromatic carbocycles. The topological polar surface area (TPSA) is 201 Å². The maximum Gasteiger partial charge on any atom is 0.352 e. The van der Waals surface area contributed by atoms with Gasteiger partial charge < -0.3 is 41.5 Å². The monoisotopic (exact) mass is 667 g/mol. The molecule has 5 rings (SSSR count). The SMILES string of the molecule is C=CC1=C(C(=O)O)N2C(=O)[C@@H](NC(=O)/C(=N\O)c3csc(N)n3)[C@H]2SC1.COc1ccc(NCCNc2ccc(OC)cc2)cc1. The van der Waals surface area contributed by atoms with E-state index in [2.05, 4.69) is 32.7 Å². The van der Waals surface area contributed by atoms with Crippen molar-refractivity contribution in [3.63, 3.8) is 0 Å². The first-order chi connectivity index (χ1) is 22.2. The van der Waals surface area contributed by atoms with Crippen molar-refractivity contribution in [2.75, 3.05) is 49.4 Å². The number of hydrogen-bond acceptors (Lipinski definition) is 13. The smallest absolute Gasteiger partial charge is 0.352 e. The summed E-state index contributed by atoms with van der Waals surface area (Å²) in [6.07, 6.45) is 1.40. The second kappa shape index (κ2) is 15.7. The van der Waals surface area contributed by atoms with Gasteiger partial charge >= 0.3 is 5.97 Å². The third kappa shape index (κ3) is 7.89. The van der Waals surface area contributed by atoms with E-state index >= 15 is 0 Å². The fraction of sp³-hybridized carbons (Fsp3) is 0.233. The highest BCUT2D eigenvalue weighted by molar-refractivity contribution is 8.00. The van der Waals surface area contributed by atoms with E-state index in [4.69, 9.17) is 20.4 Å². The normalized spacial score (nSPS) is 17.0. The van der Waals surface area contributed by atoms with E-state index in [1.54, 1.807) is 14.2 Å². The summed E-state index contributed by atoms with van der Waals surface area (Å²) in [5, 5.41) is 31.6. The Hall–Kier alpha value is -5.22. The molecule has 46 heavy (non-hydrogen) atoms. The van der Waals surface area contributed by atoms with Crippen molar-refractivity contribution < 1.29 is 34.2 Å². The molecular weight excluding hydrogens is 635 g/mol. The molecular formula is C30H33N7O7S2.